The number of rotatable bonds is 4. The van der Waals surface area contributed by atoms with Crippen LogP contribution in [-0.2, 0) is 0 Å². The first-order chi connectivity index (χ1) is 8.56. The van der Waals surface area contributed by atoms with E-state index < -0.39 is 4.92 Å². The van der Waals surface area contributed by atoms with E-state index in [1.807, 2.05) is 18.4 Å². The van der Waals surface area contributed by atoms with Gasteiger partial charge in [-0.25, -0.2) is 0 Å². The highest BCUT2D eigenvalue weighted by Crippen LogP contribution is 2.27. The molecule has 94 valence electrons. The molecule has 1 atom stereocenters. The third kappa shape index (κ3) is 3.00. The van der Waals surface area contributed by atoms with Crippen molar-refractivity contribution in [1.29, 1.82) is 0 Å². The average molecular weight is 283 g/mol. The van der Waals surface area contributed by atoms with Crippen molar-refractivity contribution in [3.05, 3.63) is 55.7 Å². The molecule has 2 rings (SSSR count). The second-order valence-corrected chi connectivity index (χ2v) is 5.40. The van der Waals surface area contributed by atoms with Crippen LogP contribution < -0.4 is 5.32 Å². The van der Waals surface area contributed by atoms with Gasteiger partial charge in [0.15, 0.2) is 0 Å². The van der Waals surface area contributed by atoms with Gasteiger partial charge < -0.3 is 5.32 Å². The van der Waals surface area contributed by atoms with Crippen LogP contribution in [0.3, 0.4) is 0 Å². The van der Waals surface area contributed by atoms with E-state index in [0.717, 1.165) is 15.6 Å². The maximum atomic E-state index is 10.5. The Morgan fingerprint density at radius 1 is 1.39 bits per heavy atom. The summed E-state index contributed by atoms with van der Waals surface area (Å²) >= 11 is 7.36. The van der Waals surface area contributed by atoms with Crippen molar-refractivity contribution in [2.24, 2.45) is 0 Å². The summed E-state index contributed by atoms with van der Waals surface area (Å²) in [7, 11) is 0. The Labute approximate surface area is 113 Å². The largest absolute Gasteiger partial charge is 0.378 e. The van der Waals surface area contributed by atoms with Crippen molar-refractivity contribution in [1.82, 2.24) is 0 Å². The van der Waals surface area contributed by atoms with E-state index in [4.69, 9.17) is 11.6 Å². The SMILES string of the molecule is CC(Nc1ccc([N+](=O)[O-])cc1)c1csc(Cl)c1. The van der Waals surface area contributed by atoms with Gasteiger partial charge in [0, 0.05) is 23.9 Å². The van der Waals surface area contributed by atoms with Crippen LogP contribution >= 0.6 is 22.9 Å². The second-order valence-electron chi connectivity index (χ2n) is 3.85. The predicted molar refractivity (Wildman–Crippen MR) is 74.5 cm³/mol. The Hall–Kier alpha value is -1.59. The van der Waals surface area contributed by atoms with Crippen LogP contribution in [0.15, 0.2) is 35.7 Å². The highest BCUT2D eigenvalue weighted by molar-refractivity contribution is 7.14. The Bertz CT molecular complexity index is 553. The van der Waals surface area contributed by atoms with Crippen LogP contribution in [0.25, 0.3) is 0 Å². The topological polar surface area (TPSA) is 55.2 Å². The lowest BCUT2D eigenvalue weighted by Crippen LogP contribution is -2.05. The molecule has 18 heavy (non-hydrogen) atoms. The molecule has 0 fully saturated rings. The quantitative estimate of drug-likeness (QED) is 0.664. The number of anilines is 1. The van der Waals surface area contributed by atoms with Gasteiger partial charge in [-0.3, -0.25) is 10.1 Å². The van der Waals surface area contributed by atoms with E-state index in [1.54, 1.807) is 12.1 Å². The first-order valence-corrected chi connectivity index (χ1v) is 6.57. The highest BCUT2D eigenvalue weighted by Gasteiger charge is 2.09. The minimum absolute atomic E-state index is 0.0896. The van der Waals surface area contributed by atoms with Crippen LogP contribution in [0.1, 0.15) is 18.5 Å². The molecule has 6 heteroatoms. The van der Waals surface area contributed by atoms with Crippen LogP contribution in [0, 0.1) is 10.1 Å². The fourth-order valence-electron chi connectivity index (χ4n) is 1.56. The summed E-state index contributed by atoms with van der Waals surface area (Å²) in [4.78, 5) is 10.1. The van der Waals surface area contributed by atoms with Crippen LogP contribution in [0.5, 0.6) is 0 Å². The van der Waals surface area contributed by atoms with E-state index in [9.17, 15) is 10.1 Å². The van der Waals surface area contributed by atoms with Gasteiger partial charge in [-0.2, -0.15) is 0 Å². The Kier molecular flexibility index (Phi) is 3.84. The van der Waals surface area contributed by atoms with Crippen molar-refractivity contribution in [3.63, 3.8) is 0 Å². The van der Waals surface area contributed by atoms with Crippen molar-refractivity contribution in [2.45, 2.75) is 13.0 Å². The number of nitrogens with zero attached hydrogens (tertiary/aromatic N) is 1. The van der Waals surface area contributed by atoms with Gasteiger partial charge in [-0.15, -0.1) is 11.3 Å². The average Bonchev–Trinajstić information content (AvgIpc) is 2.76. The fourth-order valence-corrected chi connectivity index (χ4v) is 2.55. The lowest BCUT2D eigenvalue weighted by Gasteiger charge is -2.13. The molecule has 0 radical (unpaired) electrons. The molecule has 0 aliphatic rings. The number of non-ortho nitro benzene ring substituents is 1. The fraction of sp³-hybridized carbons (Fsp3) is 0.167. The van der Waals surface area contributed by atoms with Crippen molar-refractivity contribution in [2.75, 3.05) is 5.32 Å². The van der Waals surface area contributed by atoms with E-state index in [-0.39, 0.29) is 11.7 Å². The molecule has 0 saturated carbocycles. The minimum atomic E-state index is -0.411. The van der Waals surface area contributed by atoms with Crippen molar-refractivity contribution < 1.29 is 4.92 Å². The zero-order valence-corrected chi connectivity index (χ0v) is 11.2. The lowest BCUT2D eigenvalue weighted by molar-refractivity contribution is -0.384. The molecule has 0 saturated heterocycles. The predicted octanol–water partition coefficient (Wildman–Crippen LogP) is 4.48. The molecule has 1 unspecified atom stereocenters. The number of halogens is 1. The molecule has 1 N–H and O–H groups in total. The number of nitro groups is 1. The van der Waals surface area contributed by atoms with Crippen LogP contribution in [0.2, 0.25) is 4.34 Å². The maximum absolute atomic E-state index is 10.5. The van der Waals surface area contributed by atoms with Gasteiger partial charge in [0.05, 0.1) is 9.26 Å². The van der Waals surface area contributed by atoms with Gasteiger partial charge in [0.2, 0.25) is 0 Å². The molecule has 2 aromatic rings. The summed E-state index contributed by atoms with van der Waals surface area (Å²) < 4.78 is 0.752. The summed E-state index contributed by atoms with van der Waals surface area (Å²) in [6.45, 7) is 2.01. The summed E-state index contributed by atoms with van der Waals surface area (Å²) in [5, 5.41) is 15.8. The Morgan fingerprint density at radius 3 is 2.56 bits per heavy atom. The van der Waals surface area contributed by atoms with Gasteiger partial charge in [0.25, 0.3) is 5.69 Å². The third-order valence-electron chi connectivity index (χ3n) is 2.55. The van der Waals surface area contributed by atoms with Crippen LogP contribution in [0.4, 0.5) is 11.4 Å². The standard InChI is InChI=1S/C12H11ClN2O2S/c1-8(9-6-12(13)18-7-9)14-10-2-4-11(5-3-10)15(16)17/h2-8,14H,1H3. The van der Waals surface area contributed by atoms with E-state index in [0.29, 0.717) is 0 Å². The maximum Gasteiger partial charge on any atom is 0.269 e. The van der Waals surface area contributed by atoms with Gasteiger partial charge in [-0.05, 0) is 36.1 Å². The molecule has 1 aromatic carbocycles. The normalized spacial score (nSPS) is 12.1. The Balaban J connectivity index is 2.07. The summed E-state index contributed by atoms with van der Waals surface area (Å²) in [5.74, 6) is 0. The number of nitrogens with one attached hydrogen (secondary N) is 1. The molecule has 0 aliphatic heterocycles. The summed E-state index contributed by atoms with van der Waals surface area (Å²) in [6, 6.07) is 8.38. The molecular weight excluding hydrogens is 272 g/mol. The van der Waals surface area contributed by atoms with Crippen molar-refractivity contribution >= 4 is 34.3 Å². The Morgan fingerprint density at radius 2 is 2.06 bits per heavy atom. The zero-order valence-electron chi connectivity index (χ0n) is 9.59. The summed E-state index contributed by atoms with van der Waals surface area (Å²) in [5.41, 5.74) is 2.03. The van der Waals surface area contributed by atoms with Gasteiger partial charge in [-0.1, -0.05) is 11.6 Å². The molecule has 0 amide bonds. The number of nitro benzene ring substituents is 1. The molecule has 1 heterocycles. The number of benzene rings is 1. The first kappa shape index (κ1) is 12.9. The smallest absolute Gasteiger partial charge is 0.269 e. The van der Waals surface area contributed by atoms with Crippen LogP contribution in [-0.4, -0.2) is 4.92 Å². The first-order valence-electron chi connectivity index (χ1n) is 5.31. The number of hydrogen-bond donors (Lipinski definition) is 1. The number of thiophene rings is 1. The van der Waals surface area contributed by atoms with Crippen molar-refractivity contribution in [3.8, 4) is 0 Å². The number of hydrogen-bond acceptors (Lipinski definition) is 4. The third-order valence-corrected chi connectivity index (χ3v) is 3.66. The molecular formula is C12H11ClN2O2S. The van der Waals surface area contributed by atoms with Gasteiger partial charge in [0.1, 0.15) is 0 Å². The minimum Gasteiger partial charge on any atom is -0.378 e. The van der Waals surface area contributed by atoms with E-state index in [2.05, 4.69) is 5.32 Å². The molecule has 0 aliphatic carbocycles. The second kappa shape index (κ2) is 5.37. The molecule has 4 nitrogen and oxygen atoms in total. The highest BCUT2D eigenvalue weighted by atomic mass is 35.5. The van der Waals surface area contributed by atoms with Gasteiger partial charge >= 0.3 is 0 Å². The molecule has 1 aromatic heterocycles. The van der Waals surface area contributed by atoms with E-state index >= 15 is 0 Å². The lowest BCUT2D eigenvalue weighted by atomic mass is 10.1. The summed E-state index contributed by atoms with van der Waals surface area (Å²) in [6.07, 6.45) is 0. The zero-order chi connectivity index (χ0) is 13.1. The molecule has 0 bridgehead atoms. The monoisotopic (exact) mass is 282 g/mol. The molecule has 0 spiro atoms. The van der Waals surface area contributed by atoms with E-state index in [1.165, 1.54) is 23.5 Å².